The highest BCUT2D eigenvalue weighted by molar-refractivity contribution is 5.92. The van der Waals surface area contributed by atoms with Crippen LogP contribution in [0.25, 0.3) is 0 Å². The zero-order valence-electron chi connectivity index (χ0n) is 16.8. The number of rotatable bonds is 4. The van der Waals surface area contributed by atoms with Crippen LogP contribution in [0.3, 0.4) is 0 Å². The fourth-order valence-corrected chi connectivity index (χ4v) is 4.84. The number of hydrogen-bond acceptors (Lipinski definition) is 4. The van der Waals surface area contributed by atoms with Gasteiger partial charge < -0.3 is 15.1 Å². The Balaban J connectivity index is 1.31. The lowest BCUT2D eigenvalue weighted by molar-refractivity contribution is -0.132. The lowest BCUT2D eigenvalue weighted by Gasteiger charge is -2.23. The van der Waals surface area contributed by atoms with Crippen molar-refractivity contribution in [3.05, 3.63) is 18.0 Å². The molecule has 3 aliphatic rings. The standard InChI is InChI=1S/C21H33N5O2/c27-20(15-17-5-1-2-6-17)24-10-4-11-25(14-13-24)21(28)19-8-12-26(23-19)18-7-3-9-22-16-18/h8,12,17-18,22H,1-7,9-11,13-16H2. The van der Waals surface area contributed by atoms with Gasteiger partial charge in [0.05, 0.1) is 6.04 Å². The van der Waals surface area contributed by atoms with E-state index in [1.807, 2.05) is 26.7 Å². The van der Waals surface area contributed by atoms with E-state index in [1.165, 1.54) is 25.7 Å². The molecule has 2 aliphatic heterocycles. The van der Waals surface area contributed by atoms with Crippen molar-refractivity contribution in [1.82, 2.24) is 24.9 Å². The number of carbonyl (C=O) groups excluding carboxylic acids is 2. The van der Waals surface area contributed by atoms with Gasteiger partial charge in [0.25, 0.3) is 5.91 Å². The summed E-state index contributed by atoms with van der Waals surface area (Å²) in [7, 11) is 0. The highest BCUT2D eigenvalue weighted by Crippen LogP contribution is 2.28. The van der Waals surface area contributed by atoms with E-state index in [2.05, 4.69) is 10.4 Å². The summed E-state index contributed by atoms with van der Waals surface area (Å²) in [5.41, 5.74) is 0.524. The molecule has 0 aromatic carbocycles. The number of piperidine rings is 1. The van der Waals surface area contributed by atoms with Crippen LogP contribution in [0, 0.1) is 5.92 Å². The monoisotopic (exact) mass is 387 g/mol. The molecule has 3 heterocycles. The SMILES string of the molecule is O=C(CC1CCCC1)N1CCCN(C(=O)c2ccn(C3CCCNC3)n2)CC1. The summed E-state index contributed by atoms with van der Waals surface area (Å²) < 4.78 is 1.94. The number of carbonyl (C=O) groups is 2. The van der Waals surface area contributed by atoms with Crippen LogP contribution in [0.15, 0.2) is 12.3 Å². The van der Waals surface area contributed by atoms with E-state index in [1.54, 1.807) is 0 Å². The molecule has 0 bridgehead atoms. The molecule has 7 heteroatoms. The fraction of sp³-hybridized carbons (Fsp3) is 0.762. The van der Waals surface area contributed by atoms with E-state index in [-0.39, 0.29) is 11.8 Å². The van der Waals surface area contributed by atoms with Crippen molar-refractivity contribution < 1.29 is 9.59 Å². The van der Waals surface area contributed by atoms with Crippen molar-refractivity contribution in [2.45, 2.75) is 57.4 Å². The molecule has 28 heavy (non-hydrogen) atoms. The van der Waals surface area contributed by atoms with Crippen LogP contribution in [0.2, 0.25) is 0 Å². The van der Waals surface area contributed by atoms with Crippen molar-refractivity contribution in [2.75, 3.05) is 39.3 Å². The molecule has 4 rings (SSSR count). The van der Waals surface area contributed by atoms with Crippen LogP contribution in [-0.2, 0) is 4.79 Å². The number of hydrogen-bond donors (Lipinski definition) is 1. The number of nitrogens with zero attached hydrogens (tertiary/aromatic N) is 4. The second-order valence-corrected chi connectivity index (χ2v) is 8.56. The predicted molar refractivity (Wildman–Crippen MR) is 107 cm³/mol. The Morgan fingerprint density at radius 2 is 1.79 bits per heavy atom. The van der Waals surface area contributed by atoms with Gasteiger partial charge in [-0.3, -0.25) is 14.3 Å². The van der Waals surface area contributed by atoms with Crippen LogP contribution in [0.4, 0.5) is 0 Å². The fourth-order valence-electron chi connectivity index (χ4n) is 4.84. The van der Waals surface area contributed by atoms with Gasteiger partial charge in [0.1, 0.15) is 5.69 Å². The molecule has 7 nitrogen and oxygen atoms in total. The molecule has 3 fully saturated rings. The largest absolute Gasteiger partial charge is 0.341 e. The first-order chi connectivity index (χ1) is 13.7. The summed E-state index contributed by atoms with van der Waals surface area (Å²) >= 11 is 0. The highest BCUT2D eigenvalue weighted by Gasteiger charge is 2.27. The van der Waals surface area contributed by atoms with Gasteiger partial charge in [0.2, 0.25) is 5.91 Å². The third-order valence-electron chi connectivity index (χ3n) is 6.55. The van der Waals surface area contributed by atoms with E-state index < -0.39 is 0 Å². The molecule has 1 aromatic rings. The van der Waals surface area contributed by atoms with Crippen LogP contribution in [0.5, 0.6) is 0 Å². The number of nitrogens with one attached hydrogen (secondary N) is 1. The first-order valence-electron chi connectivity index (χ1n) is 11.0. The van der Waals surface area contributed by atoms with Crippen molar-refractivity contribution in [2.24, 2.45) is 5.92 Å². The van der Waals surface area contributed by atoms with Gasteiger partial charge in [-0.1, -0.05) is 12.8 Å². The van der Waals surface area contributed by atoms with E-state index in [0.717, 1.165) is 38.9 Å². The molecule has 2 saturated heterocycles. The van der Waals surface area contributed by atoms with E-state index in [9.17, 15) is 9.59 Å². The van der Waals surface area contributed by atoms with Gasteiger partial charge >= 0.3 is 0 Å². The minimum atomic E-state index is -0.00684. The van der Waals surface area contributed by atoms with Crippen molar-refractivity contribution in [1.29, 1.82) is 0 Å². The molecule has 1 aliphatic carbocycles. The Labute approximate surface area is 167 Å². The summed E-state index contributed by atoms with van der Waals surface area (Å²) in [6, 6.07) is 2.17. The van der Waals surface area contributed by atoms with Crippen molar-refractivity contribution >= 4 is 11.8 Å². The van der Waals surface area contributed by atoms with Gasteiger partial charge in [0, 0.05) is 45.3 Å². The number of aromatic nitrogens is 2. The summed E-state index contributed by atoms with van der Waals surface area (Å²) in [4.78, 5) is 29.4. The highest BCUT2D eigenvalue weighted by atomic mass is 16.2. The minimum Gasteiger partial charge on any atom is -0.341 e. The summed E-state index contributed by atoms with van der Waals surface area (Å²) in [6.45, 7) is 4.68. The average molecular weight is 388 g/mol. The third-order valence-corrected chi connectivity index (χ3v) is 6.55. The average Bonchev–Trinajstić information content (AvgIpc) is 3.35. The molecule has 1 atom stereocenters. The zero-order valence-corrected chi connectivity index (χ0v) is 16.8. The molecule has 1 saturated carbocycles. The Bertz CT molecular complexity index is 676. The van der Waals surface area contributed by atoms with Gasteiger partial charge in [0.15, 0.2) is 0 Å². The summed E-state index contributed by atoms with van der Waals surface area (Å²) in [5, 5.41) is 7.96. The minimum absolute atomic E-state index is 0.00684. The first-order valence-corrected chi connectivity index (χ1v) is 11.0. The lowest BCUT2D eigenvalue weighted by Crippen LogP contribution is -2.38. The maximum atomic E-state index is 12.9. The molecule has 0 spiro atoms. The first kappa shape index (κ1) is 19.4. The maximum absolute atomic E-state index is 12.9. The molecular formula is C21H33N5O2. The Hall–Kier alpha value is -1.89. The normalized spacial score (nSPS) is 24.4. The third kappa shape index (κ3) is 4.57. The van der Waals surface area contributed by atoms with Crippen LogP contribution >= 0.6 is 0 Å². The predicted octanol–water partition coefficient (Wildman–Crippen LogP) is 2.06. The summed E-state index contributed by atoms with van der Waals surface area (Å²) in [6.07, 6.45) is 10.6. The quantitative estimate of drug-likeness (QED) is 0.859. The molecule has 2 amide bonds. The lowest BCUT2D eigenvalue weighted by atomic mass is 10.0. The van der Waals surface area contributed by atoms with Gasteiger partial charge in [-0.25, -0.2) is 0 Å². The zero-order chi connectivity index (χ0) is 19.3. The van der Waals surface area contributed by atoms with Gasteiger partial charge in [-0.2, -0.15) is 5.10 Å². The molecule has 1 N–H and O–H groups in total. The topological polar surface area (TPSA) is 70.5 Å². The Kier molecular flexibility index (Phi) is 6.29. The van der Waals surface area contributed by atoms with Gasteiger partial charge in [-0.05, 0) is 50.6 Å². The second-order valence-electron chi connectivity index (χ2n) is 8.56. The van der Waals surface area contributed by atoms with E-state index >= 15 is 0 Å². The maximum Gasteiger partial charge on any atom is 0.274 e. The van der Waals surface area contributed by atoms with Crippen molar-refractivity contribution in [3.8, 4) is 0 Å². The summed E-state index contributed by atoms with van der Waals surface area (Å²) in [5.74, 6) is 0.842. The van der Waals surface area contributed by atoms with E-state index in [4.69, 9.17) is 0 Å². The smallest absolute Gasteiger partial charge is 0.274 e. The van der Waals surface area contributed by atoms with Crippen LogP contribution < -0.4 is 5.32 Å². The van der Waals surface area contributed by atoms with Crippen molar-refractivity contribution in [3.63, 3.8) is 0 Å². The Morgan fingerprint density at radius 1 is 1.00 bits per heavy atom. The molecule has 1 unspecified atom stereocenters. The van der Waals surface area contributed by atoms with Crippen LogP contribution in [0.1, 0.15) is 67.9 Å². The van der Waals surface area contributed by atoms with E-state index in [0.29, 0.717) is 43.7 Å². The van der Waals surface area contributed by atoms with Crippen LogP contribution in [-0.4, -0.2) is 70.7 Å². The molecule has 154 valence electrons. The molecule has 1 aromatic heterocycles. The molecule has 0 radical (unpaired) electrons. The Morgan fingerprint density at radius 3 is 2.57 bits per heavy atom. The molecular weight excluding hydrogens is 354 g/mol. The second kappa shape index (κ2) is 9.07. The number of amides is 2. The van der Waals surface area contributed by atoms with Gasteiger partial charge in [-0.15, -0.1) is 0 Å².